The minimum absolute atomic E-state index is 0.0278. The molecule has 1 saturated heterocycles. The summed E-state index contributed by atoms with van der Waals surface area (Å²) in [6, 6.07) is 13.7. The molecule has 0 spiro atoms. The van der Waals surface area contributed by atoms with Crippen LogP contribution >= 0.6 is 0 Å². The van der Waals surface area contributed by atoms with Gasteiger partial charge >= 0.3 is 24.0 Å². The van der Waals surface area contributed by atoms with E-state index in [9.17, 15) is 24.0 Å². The van der Waals surface area contributed by atoms with Crippen LogP contribution in [0.1, 0.15) is 71.4 Å². The number of carbonyl (C=O) groups is 5. The normalized spacial score (nSPS) is 19.4. The average molecular weight is 643 g/mol. The molecule has 11 heteroatoms. The molecule has 0 saturated carbocycles. The van der Waals surface area contributed by atoms with Gasteiger partial charge in [-0.1, -0.05) is 88.4 Å². The second-order valence-electron chi connectivity index (χ2n) is 12.7. The minimum atomic E-state index is -4.32. The zero-order chi connectivity index (χ0) is 34.1. The Morgan fingerprint density at radius 2 is 1.43 bits per heavy atom. The van der Waals surface area contributed by atoms with Crippen molar-refractivity contribution in [3.8, 4) is 0 Å². The zero-order valence-corrected chi connectivity index (χ0v) is 27.3. The second kappa shape index (κ2) is 16.0. The Labute approximate surface area is 269 Å². The number of urea groups is 1. The number of ether oxygens (including phenoxy) is 1. The molecule has 1 aliphatic heterocycles. The van der Waals surface area contributed by atoms with Crippen LogP contribution in [0.2, 0.25) is 0 Å². The molecule has 46 heavy (non-hydrogen) atoms. The number of amides is 4. The maximum absolute atomic E-state index is 15.3. The molecule has 2 unspecified atom stereocenters. The van der Waals surface area contributed by atoms with Crippen LogP contribution in [0.4, 0.5) is 18.4 Å². The van der Waals surface area contributed by atoms with Gasteiger partial charge in [0, 0.05) is 19.3 Å². The molecule has 2 aromatic rings. The molecule has 2 aromatic carbocycles. The zero-order valence-electron chi connectivity index (χ0n) is 27.3. The van der Waals surface area contributed by atoms with E-state index >= 15 is 8.78 Å². The van der Waals surface area contributed by atoms with Gasteiger partial charge in [0.2, 0.25) is 11.6 Å². The number of ketones is 2. The summed E-state index contributed by atoms with van der Waals surface area (Å²) >= 11 is 0. The van der Waals surface area contributed by atoms with Gasteiger partial charge in [-0.05, 0) is 42.7 Å². The highest BCUT2D eigenvalue weighted by atomic mass is 19.3. The predicted molar refractivity (Wildman–Crippen MR) is 169 cm³/mol. The summed E-state index contributed by atoms with van der Waals surface area (Å²) in [5.74, 6) is -9.43. The standard InChI is InChI=1S/C35H45F2N3O6/c1-23(2)29(31(42)35(36,37)28(41)20-12-19-26-15-8-6-9-16-26)38-33(44)40(21-13-14-25(40)5)32(43)30(24(3)4)39-34(45)46-22-27-17-10-7-11-18-27/h6-11,15-18,23-25,29-30H,12-14,19-22H2,1-5H3,(H-,38,39,44,45)/p+1/t25-,29?,30+,40?/m1/s1. The lowest BCUT2D eigenvalue weighted by Crippen LogP contribution is -2.70. The van der Waals surface area contributed by atoms with Crippen LogP contribution in [0.15, 0.2) is 60.7 Å². The summed E-state index contributed by atoms with van der Waals surface area (Å²) in [6.07, 6.45) is 0.143. The van der Waals surface area contributed by atoms with Crippen LogP contribution < -0.4 is 10.6 Å². The number of hydrogen-bond donors (Lipinski definition) is 2. The summed E-state index contributed by atoms with van der Waals surface area (Å²) in [4.78, 5) is 66.7. The first-order chi connectivity index (χ1) is 21.7. The smallest absolute Gasteiger partial charge is 0.424 e. The number of alkyl carbamates (subject to hydrolysis) is 1. The number of nitrogens with zero attached hydrogens (tertiary/aromatic N) is 1. The third-order valence-electron chi connectivity index (χ3n) is 8.66. The molecule has 4 atom stereocenters. The van der Waals surface area contributed by atoms with Crippen molar-refractivity contribution in [2.24, 2.45) is 11.8 Å². The van der Waals surface area contributed by atoms with Gasteiger partial charge in [-0.15, -0.1) is 0 Å². The van der Waals surface area contributed by atoms with E-state index in [1.807, 2.05) is 36.4 Å². The Balaban J connectivity index is 1.76. The number of rotatable bonds is 14. The summed E-state index contributed by atoms with van der Waals surface area (Å²) in [5.41, 5.74) is 1.63. The van der Waals surface area contributed by atoms with Gasteiger partial charge in [-0.25, -0.2) is 14.4 Å². The maximum Gasteiger partial charge on any atom is 0.424 e. The highest BCUT2D eigenvalue weighted by Crippen LogP contribution is 2.31. The number of imide groups is 1. The quantitative estimate of drug-likeness (QED) is 0.193. The van der Waals surface area contributed by atoms with Crippen LogP contribution in [0, 0.1) is 11.8 Å². The van der Waals surface area contributed by atoms with Gasteiger partial charge in [-0.3, -0.25) is 14.9 Å². The summed E-state index contributed by atoms with van der Waals surface area (Å²) < 4.78 is 35.1. The van der Waals surface area contributed by atoms with Crippen LogP contribution in [-0.4, -0.2) is 64.7 Å². The van der Waals surface area contributed by atoms with Crippen LogP contribution in [0.3, 0.4) is 0 Å². The Kier molecular flexibility index (Phi) is 12.7. The number of hydrogen-bond acceptors (Lipinski definition) is 6. The topological polar surface area (TPSA) is 119 Å². The van der Waals surface area contributed by atoms with Crippen molar-refractivity contribution < 1.29 is 42.0 Å². The second-order valence-corrected chi connectivity index (χ2v) is 12.7. The molecule has 0 aromatic heterocycles. The maximum atomic E-state index is 15.3. The largest absolute Gasteiger partial charge is 0.445 e. The van der Waals surface area contributed by atoms with E-state index in [1.165, 1.54) is 13.8 Å². The number of benzene rings is 2. The Hall–Kier alpha value is -3.99. The van der Waals surface area contributed by atoms with Gasteiger partial charge in [-0.2, -0.15) is 13.3 Å². The molecule has 0 bridgehead atoms. The van der Waals surface area contributed by atoms with Crippen molar-refractivity contribution in [2.75, 3.05) is 6.54 Å². The number of Topliss-reactive ketones (excluding diaryl/α,β-unsaturated/α-hetero) is 2. The molecule has 3 rings (SSSR count). The number of likely N-dealkylation sites (tertiary alicyclic amines) is 1. The molecule has 1 aliphatic rings. The molecule has 1 fully saturated rings. The van der Waals surface area contributed by atoms with E-state index in [-0.39, 0.29) is 19.6 Å². The minimum Gasteiger partial charge on any atom is -0.445 e. The molecular formula is C35H46F2N3O6+. The summed E-state index contributed by atoms with van der Waals surface area (Å²) in [6.45, 7) is 8.12. The van der Waals surface area contributed by atoms with Crippen molar-refractivity contribution in [1.29, 1.82) is 0 Å². The van der Waals surface area contributed by atoms with Gasteiger partial charge in [0.05, 0.1) is 6.54 Å². The molecule has 9 nitrogen and oxygen atoms in total. The number of carbonyl (C=O) groups excluding carboxylic acids is 5. The molecule has 0 radical (unpaired) electrons. The van der Waals surface area contributed by atoms with E-state index in [2.05, 4.69) is 10.6 Å². The Morgan fingerprint density at radius 1 is 0.870 bits per heavy atom. The summed E-state index contributed by atoms with van der Waals surface area (Å²) in [5, 5.41) is 5.03. The van der Waals surface area contributed by atoms with Crippen molar-refractivity contribution >= 4 is 29.6 Å². The fourth-order valence-electron chi connectivity index (χ4n) is 5.83. The van der Waals surface area contributed by atoms with Crippen LogP contribution in [-0.2, 0) is 32.1 Å². The van der Waals surface area contributed by atoms with Crippen molar-refractivity contribution in [3.05, 3.63) is 71.8 Å². The Morgan fingerprint density at radius 3 is 1.96 bits per heavy atom. The highest BCUT2D eigenvalue weighted by molar-refractivity contribution is 6.11. The first kappa shape index (κ1) is 36.5. The van der Waals surface area contributed by atoms with Gasteiger partial charge in [0.25, 0.3) is 0 Å². The van der Waals surface area contributed by atoms with Gasteiger partial charge in [0.1, 0.15) is 18.7 Å². The number of nitrogens with one attached hydrogen (secondary N) is 2. The molecule has 2 N–H and O–H groups in total. The lowest BCUT2D eigenvalue weighted by Gasteiger charge is -2.38. The summed E-state index contributed by atoms with van der Waals surface area (Å²) in [7, 11) is 0. The van der Waals surface area contributed by atoms with Gasteiger partial charge in [0.15, 0.2) is 6.04 Å². The molecule has 250 valence electrons. The van der Waals surface area contributed by atoms with Crippen LogP contribution in [0.25, 0.3) is 0 Å². The lowest BCUT2D eigenvalue weighted by molar-refractivity contribution is -0.786. The first-order valence-corrected chi connectivity index (χ1v) is 15.9. The number of aryl methyl sites for hydroxylation is 1. The number of quaternary nitrogens is 1. The molecule has 4 amide bonds. The lowest BCUT2D eigenvalue weighted by atomic mass is 9.92. The van der Waals surface area contributed by atoms with E-state index < -0.39 is 76.4 Å². The van der Waals surface area contributed by atoms with Crippen molar-refractivity contribution in [2.45, 2.75) is 97.4 Å². The first-order valence-electron chi connectivity index (χ1n) is 15.9. The van der Waals surface area contributed by atoms with E-state index in [1.54, 1.807) is 45.0 Å². The monoisotopic (exact) mass is 642 g/mol. The van der Waals surface area contributed by atoms with Crippen molar-refractivity contribution in [3.63, 3.8) is 0 Å². The number of halogens is 2. The average Bonchev–Trinajstić information content (AvgIpc) is 3.43. The van der Waals surface area contributed by atoms with E-state index in [0.29, 0.717) is 19.3 Å². The number of alkyl halides is 2. The predicted octanol–water partition coefficient (Wildman–Crippen LogP) is 5.99. The van der Waals surface area contributed by atoms with E-state index in [0.717, 1.165) is 11.1 Å². The highest BCUT2D eigenvalue weighted by Gasteiger charge is 2.58. The fraction of sp³-hybridized carbons (Fsp3) is 0.514. The van der Waals surface area contributed by atoms with Crippen molar-refractivity contribution in [1.82, 2.24) is 10.6 Å². The third kappa shape index (κ3) is 8.63. The molecule has 1 heterocycles. The third-order valence-corrected chi connectivity index (χ3v) is 8.66. The molecular weight excluding hydrogens is 596 g/mol. The van der Waals surface area contributed by atoms with E-state index in [4.69, 9.17) is 4.74 Å². The van der Waals surface area contributed by atoms with Gasteiger partial charge < -0.3 is 10.1 Å². The fourth-order valence-corrected chi connectivity index (χ4v) is 5.83. The van der Waals surface area contributed by atoms with Crippen LogP contribution in [0.5, 0.6) is 0 Å². The Bertz CT molecular complexity index is 1370. The molecule has 0 aliphatic carbocycles. The SMILES string of the molecule is CC(C)C(NC(=O)[N+]1(C(=O)[C@@H](NC(=O)OCc2ccccc2)C(C)C)CCC[C@H]1C)C(=O)C(F)(F)C(=O)CCCc1ccccc1.